The fraction of sp³-hybridized carbons (Fsp3) is 0.778. The van der Waals surface area contributed by atoms with Crippen molar-refractivity contribution in [1.29, 1.82) is 0 Å². The number of aliphatic hydroxyl groups excluding tert-OH is 2. The van der Waals surface area contributed by atoms with Crippen LogP contribution in [0.2, 0.25) is 0 Å². The Morgan fingerprint density at radius 3 is 2.17 bits per heavy atom. The first-order chi connectivity index (χ1) is 5.58. The zero-order valence-corrected chi connectivity index (χ0v) is 8.16. The van der Waals surface area contributed by atoms with Crippen LogP contribution in [0.25, 0.3) is 0 Å². The lowest BCUT2D eigenvalue weighted by Gasteiger charge is -2.10. The summed E-state index contributed by atoms with van der Waals surface area (Å²) < 4.78 is 4.95. The second-order valence-electron chi connectivity index (χ2n) is 2.58. The van der Waals surface area contributed by atoms with Crippen LogP contribution in [0.1, 0.15) is 20.8 Å². The third-order valence-corrected chi connectivity index (χ3v) is 0.879. The SMILES string of the molecule is C=CC.CC(O)COC(C)CO. The van der Waals surface area contributed by atoms with Crippen molar-refractivity contribution in [3.05, 3.63) is 12.7 Å². The Labute approximate surface area is 74.7 Å². The van der Waals surface area contributed by atoms with Gasteiger partial charge in [0.25, 0.3) is 0 Å². The van der Waals surface area contributed by atoms with Crippen molar-refractivity contribution in [2.45, 2.75) is 33.0 Å². The van der Waals surface area contributed by atoms with Gasteiger partial charge in [-0.2, -0.15) is 0 Å². The van der Waals surface area contributed by atoms with E-state index in [2.05, 4.69) is 6.58 Å². The Morgan fingerprint density at radius 2 is 1.92 bits per heavy atom. The van der Waals surface area contributed by atoms with E-state index in [1.807, 2.05) is 6.92 Å². The maximum atomic E-state index is 8.69. The van der Waals surface area contributed by atoms with Crippen molar-refractivity contribution in [2.75, 3.05) is 13.2 Å². The number of hydrogen-bond acceptors (Lipinski definition) is 3. The third kappa shape index (κ3) is 16.3. The summed E-state index contributed by atoms with van der Waals surface area (Å²) in [6.45, 7) is 8.95. The second kappa shape index (κ2) is 10.6. The summed E-state index contributed by atoms with van der Waals surface area (Å²) in [7, 11) is 0. The minimum Gasteiger partial charge on any atom is -0.394 e. The molecule has 0 rings (SSSR count). The van der Waals surface area contributed by atoms with Crippen molar-refractivity contribution in [3.63, 3.8) is 0 Å². The summed E-state index contributed by atoms with van der Waals surface area (Å²) in [5, 5.41) is 17.1. The molecule has 0 spiro atoms. The highest BCUT2D eigenvalue weighted by Crippen LogP contribution is 1.90. The van der Waals surface area contributed by atoms with E-state index < -0.39 is 6.10 Å². The van der Waals surface area contributed by atoms with Crippen molar-refractivity contribution in [1.82, 2.24) is 0 Å². The highest BCUT2D eigenvalue weighted by molar-refractivity contribution is 4.51. The van der Waals surface area contributed by atoms with Gasteiger partial charge in [0.15, 0.2) is 0 Å². The van der Waals surface area contributed by atoms with Crippen LogP contribution in [-0.2, 0) is 4.74 Å². The average Bonchev–Trinajstić information content (AvgIpc) is 2.01. The van der Waals surface area contributed by atoms with Gasteiger partial charge in [-0.1, -0.05) is 6.08 Å². The number of aliphatic hydroxyl groups is 2. The molecule has 0 radical (unpaired) electrons. The van der Waals surface area contributed by atoms with E-state index in [0.717, 1.165) is 0 Å². The molecule has 0 aromatic rings. The topological polar surface area (TPSA) is 49.7 Å². The van der Waals surface area contributed by atoms with Crippen LogP contribution >= 0.6 is 0 Å². The predicted molar refractivity (Wildman–Crippen MR) is 50.1 cm³/mol. The molecule has 0 saturated carbocycles. The molecule has 0 aromatic carbocycles. The Balaban J connectivity index is 0. The van der Waals surface area contributed by atoms with Gasteiger partial charge in [0, 0.05) is 0 Å². The van der Waals surface area contributed by atoms with Crippen LogP contribution in [0, 0.1) is 0 Å². The average molecular weight is 176 g/mol. The number of allylic oxidation sites excluding steroid dienone is 1. The van der Waals surface area contributed by atoms with Crippen LogP contribution in [-0.4, -0.2) is 35.6 Å². The highest BCUT2D eigenvalue weighted by atomic mass is 16.5. The summed E-state index contributed by atoms with van der Waals surface area (Å²) >= 11 is 0. The van der Waals surface area contributed by atoms with E-state index in [1.165, 1.54) is 0 Å². The predicted octanol–water partition coefficient (Wildman–Crippen LogP) is 0.957. The maximum absolute atomic E-state index is 8.69. The first-order valence-corrected chi connectivity index (χ1v) is 4.06. The molecule has 74 valence electrons. The molecule has 2 unspecified atom stereocenters. The summed E-state index contributed by atoms with van der Waals surface area (Å²) in [5.41, 5.74) is 0. The van der Waals surface area contributed by atoms with E-state index in [1.54, 1.807) is 19.9 Å². The molecule has 0 aliphatic carbocycles. The number of ether oxygens (including phenoxy) is 1. The molecular formula is C9H20O3. The standard InChI is InChI=1S/C6H14O3.C3H6/c1-5(8)4-9-6(2)3-7;1-3-2/h5-8H,3-4H2,1-2H3;3H,1H2,2H3. The van der Waals surface area contributed by atoms with Gasteiger partial charge in [0.1, 0.15) is 0 Å². The van der Waals surface area contributed by atoms with Crippen LogP contribution in [0.4, 0.5) is 0 Å². The minimum absolute atomic E-state index is 0.00667. The Bertz CT molecular complexity index is 91.8. The van der Waals surface area contributed by atoms with Crippen LogP contribution in [0.5, 0.6) is 0 Å². The Kier molecular flexibility index (Phi) is 12.5. The molecule has 3 heteroatoms. The van der Waals surface area contributed by atoms with E-state index in [9.17, 15) is 0 Å². The quantitative estimate of drug-likeness (QED) is 0.627. The summed E-state index contributed by atoms with van der Waals surface area (Å²) in [6, 6.07) is 0. The molecule has 12 heavy (non-hydrogen) atoms. The van der Waals surface area contributed by atoms with E-state index in [4.69, 9.17) is 14.9 Å². The van der Waals surface area contributed by atoms with Gasteiger partial charge in [0.05, 0.1) is 25.4 Å². The fourth-order valence-electron chi connectivity index (χ4n) is 0.356. The van der Waals surface area contributed by atoms with Gasteiger partial charge in [-0.15, -0.1) is 6.58 Å². The van der Waals surface area contributed by atoms with Crippen LogP contribution < -0.4 is 0 Å². The fourth-order valence-corrected chi connectivity index (χ4v) is 0.356. The zero-order valence-electron chi connectivity index (χ0n) is 8.16. The van der Waals surface area contributed by atoms with Gasteiger partial charge in [-0.05, 0) is 20.8 Å². The van der Waals surface area contributed by atoms with Gasteiger partial charge >= 0.3 is 0 Å². The molecule has 2 N–H and O–H groups in total. The Hall–Kier alpha value is -0.380. The molecule has 0 saturated heterocycles. The third-order valence-electron chi connectivity index (χ3n) is 0.879. The van der Waals surface area contributed by atoms with Crippen LogP contribution in [0.3, 0.4) is 0 Å². The maximum Gasteiger partial charge on any atom is 0.0779 e. The minimum atomic E-state index is -0.445. The molecule has 0 heterocycles. The molecule has 3 nitrogen and oxygen atoms in total. The summed E-state index contributed by atoms with van der Waals surface area (Å²) in [4.78, 5) is 0. The van der Waals surface area contributed by atoms with Crippen LogP contribution in [0.15, 0.2) is 12.7 Å². The molecule has 0 fully saturated rings. The summed E-state index contributed by atoms with van der Waals surface area (Å²) in [5.74, 6) is 0. The molecule has 0 aromatic heterocycles. The first kappa shape index (κ1) is 14.2. The lowest BCUT2D eigenvalue weighted by molar-refractivity contribution is -0.0177. The normalized spacial score (nSPS) is 14.1. The molecule has 0 bridgehead atoms. The van der Waals surface area contributed by atoms with E-state index in [0.29, 0.717) is 6.61 Å². The summed E-state index contributed by atoms with van der Waals surface area (Å²) in [6.07, 6.45) is 1.14. The first-order valence-electron chi connectivity index (χ1n) is 4.06. The lowest BCUT2D eigenvalue weighted by atomic mass is 10.4. The van der Waals surface area contributed by atoms with Gasteiger partial charge < -0.3 is 14.9 Å². The number of rotatable bonds is 4. The zero-order chi connectivity index (χ0) is 9.98. The van der Waals surface area contributed by atoms with E-state index in [-0.39, 0.29) is 12.7 Å². The molecule has 2 atom stereocenters. The highest BCUT2D eigenvalue weighted by Gasteiger charge is 2.00. The monoisotopic (exact) mass is 176 g/mol. The van der Waals surface area contributed by atoms with Crippen molar-refractivity contribution < 1.29 is 14.9 Å². The van der Waals surface area contributed by atoms with Crippen molar-refractivity contribution >= 4 is 0 Å². The van der Waals surface area contributed by atoms with E-state index >= 15 is 0 Å². The van der Waals surface area contributed by atoms with Gasteiger partial charge in [0.2, 0.25) is 0 Å². The van der Waals surface area contributed by atoms with Crippen molar-refractivity contribution in [3.8, 4) is 0 Å². The van der Waals surface area contributed by atoms with Crippen molar-refractivity contribution in [2.24, 2.45) is 0 Å². The molecule has 0 amide bonds. The largest absolute Gasteiger partial charge is 0.394 e. The number of hydrogen-bond donors (Lipinski definition) is 2. The molecule has 0 aliphatic rings. The van der Waals surface area contributed by atoms with Gasteiger partial charge in [-0.25, -0.2) is 0 Å². The molecular weight excluding hydrogens is 156 g/mol. The lowest BCUT2D eigenvalue weighted by Crippen LogP contribution is -2.19. The molecule has 0 aliphatic heterocycles. The van der Waals surface area contributed by atoms with Gasteiger partial charge in [-0.3, -0.25) is 0 Å². The second-order valence-corrected chi connectivity index (χ2v) is 2.58. The Morgan fingerprint density at radius 1 is 1.50 bits per heavy atom. The smallest absolute Gasteiger partial charge is 0.0779 e.